The topological polar surface area (TPSA) is 0 Å². The highest BCUT2D eigenvalue weighted by molar-refractivity contribution is 7.99. The minimum Gasteiger partial charge on any atom is -0.126 e. The van der Waals surface area contributed by atoms with Crippen molar-refractivity contribution in [3.05, 3.63) is 35.4 Å². The molecule has 0 saturated carbocycles. The molecular weight excluding hydrogens is 200 g/mol. The third-order valence-corrected chi connectivity index (χ3v) is 4.15. The van der Waals surface area contributed by atoms with Crippen LogP contribution >= 0.6 is 11.8 Å². The second-order valence-corrected chi connectivity index (χ2v) is 5.87. The average molecular weight is 218 g/mol. The van der Waals surface area contributed by atoms with Crippen LogP contribution in [0.5, 0.6) is 0 Å². The largest absolute Gasteiger partial charge is 0.126 e. The summed E-state index contributed by atoms with van der Waals surface area (Å²) in [4.78, 5) is 1.47. The van der Waals surface area contributed by atoms with Gasteiger partial charge in [0.25, 0.3) is 0 Å². The molecule has 0 aromatic heterocycles. The number of hydrogen-bond donors (Lipinski definition) is 0. The zero-order chi connectivity index (χ0) is 10.9. The van der Waals surface area contributed by atoms with Crippen molar-refractivity contribution >= 4 is 17.8 Å². The number of thioether (sulfide) groups is 1. The van der Waals surface area contributed by atoms with Crippen molar-refractivity contribution in [2.45, 2.75) is 37.5 Å². The third-order valence-electron chi connectivity index (χ3n) is 3.08. The summed E-state index contributed by atoms with van der Waals surface area (Å²) in [5, 5.41) is 0. The molecule has 1 heterocycles. The normalized spacial score (nSPS) is 19.1. The van der Waals surface area contributed by atoms with Gasteiger partial charge in [-0.1, -0.05) is 38.1 Å². The van der Waals surface area contributed by atoms with Gasteiger partial charge in [-0.15, -0.1) is 11.8 Å². The molecule has 1 heteroatoms. The van der Waals surface area contributed by atoms with E-state index in [0.717, 1.165) is 0 Å². The molecule has 0 fully saturated rings. The molecular formula is C14H18S. The average Bonchev–Trinajstić information content (AvgIpc) is 2.19. The fraction of sp³-hybridized carbons (Fsp3) is 0.429. The number of rotatable bonds is 1. The minimum atomic E-state index is 0.345. The number of hydrogen-bond acceptors (Lipinski definition) is 1. The van der Waals surface area contributed by atoms with E-state index in [2.05, 4.69) is 51.1 Å². The van der Waals surface area contributed by atoms with E-state index in [4.69, 9.17) is 0 Å². The Morgan fingerprint density at radius 3 is 2.87 bits per heavy atom. The van der Waals surface area contributed by atoms with Crippen molar-refractivity contribution in [3.63, 3.8) is 0 Å². The summed E-state index contributed by atoms with van der Waals surface area (Å²) in [7, 11) is 0. The van der Waals surface area contributed by atoms with E-state index in [-0.39, 0.29) is 0 Å². The molecule has 80 valence electrons. The molecule has 1 aromatic rings. The van der Waals surface area contributed by atoms with Gasteiger partial charge < -0.3 is 0 Å². The Morgan fingerprint density at radius 1 is 1.33 bits per heavy atom. The Hall–Kier alpha value is -0.690. The molecule has 0 aliphatic carbocycles. The second kappa shape index (κ2) is 4.05. The molecule has 0 N–H and O–H groups in total. The summed E-state index contributed by atoms with van der Waals surface area (Å²) in [6, 6.07) is 6.84. The van der Waals surface area contributed by atoms with Crippen molar-refractivity contribution in [1.82, 2.24) is 0 Å². The van der Waals surface area contributed by atoms with Crippen molar-refractivity contribution in [2.75, 3.05) is 5.75 Å². The summed E-state index contributed by atoms with van der Waals surface area (Å²) >= 11 is 1.99. The van der Waals surface area contributed by atoms with Gasteiger partial charge in [0.15, 0.2) is 0 Å². The number of allylic oxidation sites excluding steroid dienone is 1. The summed E-state index contributed by atoms with van der Waals surface area (Å²) in [5.41, 5.74) is 3.19. The molecule has 1 aliphatic rings. The lowest BCUT2D eigenvalue weighted by Gasteiger charge is -2.32. The van der Waals surface area contributed by atoms with Gasteiger partial charge in [-0.25, -0.2) is 0 Å². The van der Waals surface area contributed by atoms with Crippen LogP contribution < -0.4 is 0 Å². The lowest BCUT2D eigenvalue weighted by atomic mass is 9.81. The van der Waals surface area contributed by atoms with Crippen LogP contribution in [0.1, 0.15) is 38.3 Å². The van der Waals surface area contributed by atoms with Gasteiger partial charge in [-0.2, -0.15) is 0 Å². The Labute approximate surface area is 96.8 Å². The fourth-order valence-corrected chi connectivity index (χ4v) is 3.54. The summed E-state index contributed by atoms with van der Waals surface area (Å²) in [6.45, 7) is 6.77. The van der Waals surface area contributed by atoms with E-state index in [1.807, 2.05) is 11.8 Å². The number of fused-ring (bicyclic) bond motifs is 1. The van der Waals surface area contributed by atoms with Crippen molar-refractivity contribution < 1.29 is 0 Å². The van der Waals surface area contributed by atoms with Crippen LogP contribution in [0, 0.1) is 0 Å². The van der Waals surface area contributed by atoms with Gasteiger partial charge in [0, 0.05) is 4.90 Å². The van der Waals surface area contributed by atoms with Crippen molar-refractivity contribution in [1.29, 1.82) is 0 Å². The highest BCUT2D eigenvalue weighted by Crippen LogP contribution is 2.41. The molecule has 0 radical (unpaired) electrons. The molecule has 0 saturated heterocycles. The van der Waals surface area contributed by atoms with E-state index < -0.39 is 0 Å². The first-order chi connectivity index (χ1) is 7.13. The Balaban J connectivity index is 2.48. The van der Waals surface area contributed by atoms with Crippen molar-refractivity contribution in [2.24, 2.45) is 0 Å². The fourth-order valence-electron chi connectivity index (χ4n) is 2.05. The van der Waals surface area contributed by atoms with E-state index in [9.17, 15) is 0 Å². The van der Waals surface area contributed by atoms with Gasteiger partial charge in [-0.3, -0.25) is 0 Å². The zero-order valence-corrected chi connectivity index (χ0v) is 10.5. The molecule has 0 nitrogen and oxygen atoms in total. The van der Waals surface area contributed by atoms with E-state index in [1.54, 1.807) is 0 Å². The standard InChI is InChI=1S/C14H18S/c1-4-5-11-6-7-13-12(10-11)14(2,3)8-9-15-13/h4-7,10H,8-9H2,1-3H3/b5-4+. The Bertz CT molecular complexity index is 388. The summed E-state index contributed by atoms with van der Waals surface area (Å²) in [6.07, 6.45) is 5.56. The van der Waals surface area contributed by atoms with Gasteiger partial charge in [-0.05, 0) is 41.7 Å². The molecule has 0 spiro atoms. The quantitative estimate of drug-likeness (QED) is 0.669. The molecule has 0 bridgehead atoms. The maximum atomic E-state index is 2.35. The van der Waals surface area contributed by atoms with Crippen LogP contribution in [0.3, 0.4) is 0 Å². The molecule has 2 rings (SSSR count). The van der Waals surface area contributed by atoms with Crippen LogP contribution in [-0.4, -0.2) is 5.75 Å². The smallest absolute Gasteiger partial charge is 0.0110 e. The number of benzene rings is 1. The molecule has 0 amide bonds. The highest BCUT2D eigenvalue weighted by Gasteiger charge is 2.27. The second-order valence-electron chi connectivity index (χ2n) is 4.74. The van der Waals surface area contributed by atoms with E-state index in [0.29, 0.717) is 5.41 Å². The first-order valence-corrected chi connectivity index (χ1v) is 6.52. The predicted molar refractivity (Wildman–Crippen MR) is 69.5 cm³/mol. The highest BCUT2D eigenvalue weighted by atomic mass is 32.2. The monoisotopic (exact) mass is 218 g/mol. The zero-order valence-electron chi connectivity index (χ0n) is 9.71. The molecule has 1 aliphatic heterocycles. The Morgan fingerprint density at radius 2 is 2.13 bits per heavy atom. The lowest BCUT2D eigenvalue weighted by Crippen LogP contribution is -2.22. The molecule has 1 aromatic carbocycles. The Kier molecular flexibility index (Phi) is 2.92. The minimum absolute atomic E-state index is 0.345. The molecule has 0 atom stereocenters. The van der Waals surface area contributed by atoms with Crippen LogP contribution in [0.2, 0.25) is 0 Å². The first-order valence-electron chi connectivity index (χ1n) is 5.53. The van der Waals surface area contributed by atoms with Gasteiger partial charge in [0.05, 0.1) is 0 Å². The summed E-state index contributed by atoms with van der Waals surface area (Å²) in [5.74, 6) is 1.25. The van der Waals surface area contributed by atoms with Gasteiger partial charge in [0.2, 0.25) is 0 Å². The lowest BCUT2D eigenvalue weighted by molar-refractivity contribution is 0.494. The van der Waals surface area contributed by atoms with Gasteiger partial charge >= 0.3 is 0 Å². The van der Waals surface area contributed by atoms with Crippen LogP contribution in [0.15, 0.2) is 29.2 Å². The first kappa shape index (κ1) is 10.8. The van der Waals surface area contributed by atoms with E-state index in [1.165, 1.54) is 28.2 Å². The third kappa shape index (κ3) is 2.12. The van der Waals surface area contributed by atoms with Crippen LogP contribution in [0.4, 0.5) is 0 Å². The summed E-state index contributed by atoms with van der Waals surface area (Å²) < 4.78 is 0. The predicted octanol–water partition coefficient (Wildman–Crippen LogP) is 4.49. The maximum Gasteiger partial charge on any atom is 0.0110 e. The maximum absolute atomic E-state index is 2.35. The van der Waals surface area contributed by atoms with Crippen LogP contribution in [0.25, 0.3) is 6.08 Å². The van der Waals surface area contributed by atoms with Gasteiger partial charge in [0.1, 0.15) is 0 Å². The van der Waals surface area contributed by atoms with Crippen LogP contribution in [-0.2, 0) is 5.41 Å². The molecule has 15 heavy (non-hydrogen) atoms. The van der Waals surface area contributed by atoms with Crippen molar-refractivity contribution in [3.8, 4) is 0 Å². The SMILES string of the molecule is C/C=C/c1ccc2c(c1)C(C)(C)CCS2. The molecule has 0 unspecified atom stereocenters. The van der Waals surface area contributed by atoms with E-state index >= 15 is 0 Å².